The number of carbonyl (C=O) groups is 1. The second kappa shape index (κ2) is 4.66. The Morgan fingerprint density at radius 2 is 2.32 bits per heavy atom. The summed E-state index contributed by atoms with van der Waals surface area (Å²) in [5, 5.41) is 19.4. The molecule has 1 aromatic heterocycles. The summed E-state index contributed by atoms with van der Waals surface area (Å²) in [7, 11) is 1.81. The number of carboxylic acid groups (broad SMARTS) is 1. The number of hydrogen-bond acceptors (Lipinski definition) is 6. The molecular weight excluding hydrogens is 284 g/mol. The fourth-order valence-corrected chi connectivity index (χ4v) is 4.81. The summed E-state index contributed by atoms with van der Waals surface area (Å²) in [6.07, 6.45) is 0. The molecular formula is C12H12N2O3S2. The van der Waals surface area contributed by atoms with E-state index >= 15 is 0 Å². The van der Waals surface area contributed by atoms with Gasteiger partial charge in [-0.2, -0.15) is 0 Å². The molecule has 2 heterocycles. The third kappa shape index (κ3) is 2.18. The highest BCUT2D eigenvalue weighted by Crippen LogP contribution is 2.43. The first-order chi connectivity index (χ1) is 9.06. The van der Waals surface area contributed by atoms with Crippen LogP contribution in [0.3, 0.4) is 0 Å². The van der Waals surface area contributed by atoms with Gasteiger partial charge in [-0.25, -0.2) is 4.98 Å². The maximum absolute atomic E-state index is 11.1. The number of nitrogens with zero attached hydrogens (tertiary/aromatic N) is 2. The van der Waals surface area contributed by atoms with Gasteiger partial charge in [0, 0.05) is 5.75 Å². The number of phenolic OH excluding ortho intramolecular Hbond substituents is 1. The van der Waals surface area contributed by atoms with Crippen LogP contribution in [-0.4, -0.2) is 44.9 Å². The number of thiazole rings is 1. The topological polar surface area (TPSA) is 73.7 Å². The number of benzene rings is 1. The van der Waals surface area contributed by atoms with Gasteiger partial charge in [-0.1, -0.05) is 0 Å². The van der Waals surface area contributed by atoms with Crippen molar-refractivity contribution in [3.05, 3.63) is 23.2 Å². The number of aliphatic carboxylic acids is 1. The predicted molar refractivity (Wildman–Crippen MR) is 75.7 cm³/mol. The third-order valence-electron chi connectivity index (χ3n) is 3.16. The average Bonchev–Trinajstić information content (AvgIpc) is 2.91. The molecule has 1 unspecified atom stereocenters. The van der Waals surface area contributed by atoms with Crippen molar-refractivity contribution < 1.29 is 15.0 Å². The lowest BCUT2D eigenvalue weighted by Crippen LogP contribution is -2.35. The molecule has 1 aliphatic heterocycles. The monoisotopic (exact) mass is 296 g/mol. The van der Waals surface area contributed by atoms with Crippen LogP contribution in [0.4, 0.5) is 0 Å². The number of likely N-dealkylation sites (N-methyl/N-ethyl adjacent to an activating group) is 1. The molecule has 3 rings (SSSR count). The van der Waals surface area contributed by atoms with Crippen molar-refractivity contribution in [2.24, 2.45) is 0 Å². The van der Waals surface area contributed by atoms with Crippen LogP contribution in [0.15, 0.2) is 18.2 Å². The minimum Gasteiger partial charge on any atom is -0.508 e. The van der Waals surface area contributed by atoms with E-state index in [0.29, 0.717) is 5.75 Å². The Labute approximate surface area is 117 Å². The van der Waals surface area contributed by atoms with Gasteiger partial charge in [0.15, 0.2) is 0 Å². The molecule has 2 atom stereocenters. The summed E-state index contributed by atoms with van der Waals surface area (Å²) in [6.45, 7) is 0. The Morgan fingerprint density at radius 1 is 1.53 bits per heavy atom. The standard InChI is InChI=1S/C12H12N2O3S2/c1-14-8(12(16)17)5-18-11(14)10-13-7-3-2-6(15)4-9(7)19-10/h2-4,8,11,15H,5H2,1H3,(H,16,17)/t8-,11?/m1/s1. The van der Waals surface area contributed by atoms with Crippen molar-refractivity contribution in [1.82, 2.24) is 9.88 Å². The van der Waals surface area contributed by atoms with Crippen LogP contribution in [0.1, 0.15) is 10.4 Å². The first kappa shape index (κ1) is 12.7. The van der Waals surface area contributed by atoms with Crippen molar-refractivity contribution in [1.29, 1.82) is 0 Å². The van der Waals surface area contributed by atoms with Crippen LogP contribution in [0, 0.1) is 0 Å². The van der Waals surface area contributed by atoms with E-state index < -0.39 is 12.0 Å². The minimum atomic E-state index is -0.795. The smallest absolute Gasteiger partial charge is 0.321 e. The normalized spacial score (nSPS) is 24.1. The van der Waals surface area contributed by atoms with E-state index in [9.17, 15) is 9.90 Å². The molecule has 0 saturated carbocycles. The van der Waals surface area contributed by atoms with Crippen molar-refractivity contribution in [3.63, 3.8) is 0 Å². The van der Waals surface area contributed by atoms with Gasteiger partial charge in [-0.15, -0.1) is 23.1 Å². The van der Waals surface area contributed by atoms with Crippen LogP contribution in [0.5, 0.6) is 5.75 Å². The molecule has 1 fully saturated rings. The van der Waals surface area contributed by atoms with E-state index in [2.05, 4.69) is 4.98 Å². The molecule has 2 N–H and O–H groups in total. The SMILES string of the molecule is CN1C(c2nc3ccc(O)cc3s2)SC[C@@H]1C(=O)O. The van der Waals surface area contributed by atoms with Gasteiger partial charge < -0.3 is 10.2 Å². The Hall–Kier alpha value is -1.31. The van der Waals surface area contributed by atoms with Crippen molar-refractivity contribution in [2.45, 2.75) is 11.4 Å². The van der Waals surface area contributed by atoms with Crippen molar-refractivity contribution in [2.75, 3.05) is 12.8 Å². The van der Waals surface area contributed by atoms with Crippen LogP contribution < -0.4 is 0 Å². The molecule has 1 aliphatic rings. The minimum absolute atomic E-state index is 0.0272. The third-order valence-corrected chi connectivity index (χ3v) is 5.76. The quantitative estimate of drug-likeness (QED) is 0.884. The average molecular weight is 296 g/mol. The first-order valence-corrected chi connectivity index (χ1v) is 7.58. The molecule has 7 heteroatoms. The largest absolute Gasteiger partial charge is 0.508 e. The van der Waals surface area contributed by atoms with Gasteiger partial charge in [0.1, 0.15) is 22.2 Å². The van der Waals surface area contributed by atoms with Gasteiger partial charge in [-0.05, 0) is 25.2 Å². The van der Waals surface area contributed by atoms with Gasteiger partial charge in [-0.3, -0.25) is 9.69 Å². The number of aromatic hydroxyl groups is 1. The van der Waals surface area contributed by atoms with Gasteiger partial charge in [0.2, 0.25) is 0 Å². The molecule has 5 nitrogen and oxygen atoms in total. The molecule has 0 radical (unpaired) electrons. The lowest BCUT2D eigenvalue weighted by atomic mass is 10.3. The molecule has 1 saturated heterocycles. The van der Waals surface area contributed by atoms with Crippen LogP contribution in [-0.2, 0) is 4.79 Å². The number of rotatable bonds is 2. The Balaban J connectivity index is 1.94. The fourth-order valence-electron chi connectivity index (χ4n) is 2.11. The molecule has 19 heavy (non-hydrogen) atoms. The summed E-state index contributed by atoms with van der Waals surface area (Å²) >= 11 is 3.09. The zero-order valence-corrected chi connectivity index (χ0v) is 11.7. The van der Waals surface area contributed by atoms with Gasteiger partial charge in [0.05, 0.1) is 10.2 Å². The highest BCUT2D eigenvalue weighted by Gasteiger charge is 2.38. The van der Waals surface area contributed by atoms with E-state index in [1.807, 2.05) is 11.9 Å². The van der Waals surface area contributed by atoms with Crippen LogP contribution in [0.2, 0.25) is 0 Å². The highest BCUT2D eigenvalue weighted by molar-refractivity contribution is 7.99. The maximum atomic E-state index is 11.1. The molecule has 100 valence electrons. The maximum Gasteiger partial charge on any atom is 0.321 e. The fraction of sp³-hybridized carbons (Fsp3) is 0.333. The van der Waals surface area contributed by atoms with Gasteiger partial charge >= 0.3 is 5.97 Å². The molecule has 1 aromatic carbocycles. The molecule has 0 aliphatic carbocycles. The van der Waals surface area contributed by atoms with Gasteiger partial charge in [0.25, 0.3) is 0 Å². The number of hydrogen-bond donors (Lipinski definition) is 2. The molecule has 0 spiro atoms. The number of fused-ring (bicyclic) bond motifs is 1. The summed E-state index contributed by atoms with van der Waals surface area (Å²) in [5.74, 6) is -0.00712. The second-order valence-electron chi connectivity index (χ2n) is 4.41. The number of carboxylic acids is 1. The van der Waals surface area contributed by atoms with E-state index in [4.69, 9.17) is 5.11 Å². The summed E-state index contributed by atoms with van der Waals surface area (Å²) in [5.41, 5.74) is 0.838. The Kier molecular flexibility index (Phi) is 3.12. The highest BCUT2D eigenvalue weighted by atomic mass is 32.2. The van der Waals surface area contributed by atoms with Crippen LogP contribution in [0.25, 0.3) is 10.2 Å². The van der Waals surface area contributed by atoms with E-state index in [0.717, 1.165) is 15.2 Å². The zero-order chi connectivity index (χ0) is 13.6. The lowest BCUT2D eigenvalue weighted by Gasteiger charge is -2.19. The summed E-state index contributed by atoms with van der Waals surface area (Å²) in [4.78, 5) is 17.5. The number of phenols is 1. The summed E-state index contributed by atoms with van der Waals surface area (Å²) in [6, 6.07) is 4.61. The van der Waals surface area contributed by atoms with Crippen molar-refractivity contribution >= 4 is 39.3 Å². The van der Waals surface area contributed by atoms with E-state index in [-0.39, 0.29) is 11.1 Å². The first-order valence-electron chi connectivity index (χ1n) is 5.72. The van der Waals surface area contributed by atoms with E-state index in [1.54, 1.807) is 30.0 Å². The molecule has 0 bridgehead atoms. The second-order valence-corrected chi connectivity index (χ2v) is 6.58. The van der Waals surface area contributed by atoms with Crippen molar-refractivity contribution in [3.8, 4) is 5.75 Å². The molecule has 2 aromatic rings. The van der Waals surface area contributed by atoms with Crippen LogP contribution >= 0.6 is 23.1 Å². The molecule has 0 amide bonds. The predicted octanol–water partition coefficient (Wildman–Crippen LogP) is 2.13. The Morgan fingerprint density at radius 3 is 3.00 bits per heavy atom. The van der Waals surface area contributed by atoms with E-state index in [1.165, 1.54) is 11.3 Å². The lowest BCUT2D eigenvalue weighted by molar-refractivity contribution is -0.141. The zero-order valence-electron chi connectivity index (χ0n) is 10.1. The number of aromatic nitrogens is 1. The number of thioether (sulfide) groups is 1. The summed E-state index contributed by atoms with van der Waals surface area (Å²) < 4.78 is 0.919. The Bertz CT molecular complexity index is 643.